The topological polar surface area (TPSA) is 68.8 Å². The molecule has 1 aromatic carbocycles. The van der Waals surface area contributed by atoms with E-state index in [9.17, 15) is 4.79 Å². The molecule has 0 aliphatic carbocycles. The Kier molecular flexibility index (Phi) is 7.91. The summed E-state index contributed by atoms with van der Waals surface area (Å²) >= 11 is 5.31. The molecule has 1 unspecified atom stereocenters. The third-order valence-corrected chi connectivity index (χ3v) is 4.52. The van der Waals surface area contributed by atoms with Crippen molar-refractivity contribution in [2.24, 2.45) is 0 Å². The van der Waals surface area contributed by atoms with Gasteiger partial charge in [0.25, 0.3) is 0 Å². The highest BCUT2D eigenvalue weighted by Crippen LogP contribution is 2.39. The maximum Gasteiger partial charge on any atom is 0.338 e. The van der Waals surface area contributed by atoms with Gasteiger partial charge in [-0.1, -0.05) is 31.9 Å². The second-order valence-electron chi connectivity index (χ2n) is 6.22. The number of benzene rings is 1. The number of para-hydroxylation sites is 1. The summed E-state index contributed by atoms with van der Waals surface area (Å²) in [4.78, 5) is 12.6. The molecule has 2 rings (SSSR count). The molecule has 1 aliphatic heterocycles. The molecule has 148 valence electrons. The van der Waals surface area contributed by atoms with E-state index in [0.717, 1.165) is 24.8 Å². The molecule has 0 amide bonds. The Bertz CT molecular complexity index is 718. The number of nitrogens with one attached hydrogen (secondary N) is 2. The van der Waals surface area contributed by atoms with Crippen LogP contribution in [0.3, 0.4) is 0 Å². The van der Waals surface area contributed by atoms with Gasteiger partial charge < -0.3 is 24.8 Å². The van der Waals surface area contributed by atoms with E-state index in [1.54, 1.807) is 14.0 Å². The average Bonchev–Trinajstić information content (AvgIpc) is 2.64. The Morgan fingerprint density at radius 2 is 2.04 bits per heavy atom. The second-order valence-corrected chi connectivity index (χ2v) is 6.63. The zero-order valence-corrected chi connectivity index (χ0v) is 17.2. The molecule has 1 atom stereocenters. The highest BCUT2D eigenvalue weighted by molar-refractivity contribution is 7.80. The molecule has 0 saturated heterocycles. The molecule has 0 saturated carbocycles. The zero-order chi connectivity index (χ0) is 19.8. The number of hydrogen-bond acceptors (Lipinski definition) is 5. The van der Waals surface area contributed by atoms with Gasteiger partial charge in [-0.3, -0.25) is 0 Å². The highest BCUT2D eigenvalue weighted by Gasteiger charge is 2.33. The van der Waals surface area contributed by atoms with Gasteiger partial charge in [-0.15, -0.1) is 0 Å². The number of carbonyl (C=O) groups is 1. The van der Waals surface area contributed by atoms with Crippen molar-refractivity contribution in [1.29, 1.82) is 0 Å². The summed E-state index contributed by atoms with van der Waals surface area (Å²) in [5.74, 6) is 0.853. The molecule has 6 nitrogen and oxygen atoms in total. The number of allylic oxidation sites excluding steroid dienone is 1. The van der Waals surface area contributed by atoms with Crippen LogP contribution in [0.25, 0.3) is 0 Å². The minimum atomic E-state index is -0.478. The van der Waals surface area contributed by atoms with Gasteiger partial charge in [0.05, 0.1) is 31.9 Å². The van der Waals surface area contributed by atoms with E-state index >= 15 is 0 Å². The smallest absolute Gasteiger partial charge is 0.338 e. The maximum atomic E-state index is 12.6. The van der Waals surface area contributed by atoms with Crippen LogP contribution in [0, 0.1) is 0 Å². The summed E-state index contributed by atoms with van der Waals surface area (Å²) in [5.41, 5.74) is 1.94. The van der Waals surface area contributed by atoms with Crippen molar-refractivity contribution in [3.8, 4) is 11.5 Å². The van der Waals surface area contributed by atoms with Crippen molar-refractivity contribution in [1.82, 2.24) is 10.6 Å². The Balaban J connectivity index is 2.45. The van der Waals surface area contributed by atoms with E-state index in [2.05, 4.69) is 17.6 Å². The van der Waals surface area contributed by atoms with Gasteiger partial charge in [0.2, 0.25) is 0 Å². The summed E-state index contributed by atoms with van der Waals surface area (Å²) in [7, 11) is 1.60. The first-order valence-corrected chi connectivity index (χ1v) is 9.69. The lowest BCUT2D eigenvalue weighted by Crippen LogP contribution is -2.45. The second kappa shape index (κ2) is 10.2. The van der Waals surface area contributed by atoms with Gasteiger partial charge in [-0.25, -0.2) is 4.79 Å². The van der Waals surface area contributed by atoms with Gasteiger partial charge in [-0.05, 0) is 38.6 Å². The molecular weight excluding hydrogens is 364 g/mol. The molecule has 0 bridgehead atoms. The summed E-state index contributed by atoms with van der Waals surface area (Å²) in [6.07, 6.45) is 3.15. The maximum absolute atomic E-state index is 12.6. The van der Waals surface area contributed by atoms with Gasteiger partial charge in [0.15, 0.2) is 16.6 Å². The van der Waals surface area contributed by atoms with Crippen molar-refractivity contribution in [2.75, 3.05) is 20.3 Å². The van der Waals surface area contributed by atoms with E-state index in [1.807, 2.05) is 25.1 Å². The van der Waals surface area contributed by atoms with E-state index in [-0.39, 0.29) is 5.97 Å². The molecule has 0 fully saturated rings. The molecular formula is C20H28N2O4S. The normalized spacial score (nSPS) is 16.4. The fourth-order valence-corrected chi connectivity index (χ4v) is 3.28. The van der Waals surface area contributed by atoms with Crippen LogP contribution in [-0.4, -0.2) is 31.4 Å². The zero-order valence-electron chi connectivity index (χ0n) is 16.4. The fraction of sp³-hybridized carbons (Fsp3) is 0.500. The number of unbranched alkanes of at least 4 members (excludes halogenated alkanes) is 2. The lowest BCUT2D eigenvalue weighted by atomic mass is 9.94. The van der Waals surface area contributed by atoms with Crippen molar-refractivity contribution in [2.45, 2.75) is 46.1 Å². The Labute approximate surface area is 166 Å². The van der Waals surface area contributed by atoms with Gasteiger partial charge in [-0.2, -0.15) is 0 Å². The number of rotatable bonds is 9. The van der Waals surface area contributed by atoms with Gasteiger partial charge >= 0.3 is 5.97 Å². The molecule has 1 aromatic rings. The van der Waals surface area contributed by atoms with Crippen molar-refractivity contribution >= 4 is 23.3 Å². The molecule has 1 heterocycles. The number of ether oxygens (including phenoxy) is 3. The summed E-state index contributed by atoms with van der Waals surface area (Å²) in [5, 5.41) is 6.62. The first-order valence-electron chi connectivity index (χ1n) is 9.28. The van der Waals surface area contributed by atoms with Crippen LogP contribution in [0.2, 0.25) is 0 Å². The Hall–Kier alpha value is -2.28. The number of esters is 1. The van der Waals surface area contributed by atoms with E-state index in [1.165, 1.54) is 0 Å². The molecule has 0 spiro atoms. The highest BCUT2D eigenvalue weighted by atomic mass is 32.1. The van der Waals surface area contributed by atoms with Gasteiger partial charge in [0.1, 0.15) is 0 Å². The number of carbonyl (C=O) groups excluding carboxylic acids is 1. The van der Waals surface area contributed by atoms with Gasteiger partial charge in [0, 0.05) is 11.3 Å². The molecule has 0 aromatic heterocycles. The van der Waals surface area contributed by atoms with Crippen LogP contribution in [0.4, 0.5) is 0 Å². The fourth-order valence-electron chi connectivity index (χ4n) is 3.01. The summed E-state index contributed by atoms with van der Waals surface area (Å²) in [6.45, 7) is 6.62. The molecule has 0 radical (unpaired) electrons. The Morgan fingerprint density at radius 3 is 2.70 bits per heavy atom. The molecule has 2 N–H and O–H groups in total. The SMILES string of the molecule is CCCCCOc1c(OC)cccc1C1NC(=S)NC(C)=C1C(=O)OCC. The number of methoxy groups -OCH3 is 1. The van der Waals surface area contributed by atoms with Crippen LogP contribution >= 0.6 is 12.2 Å². The molecule has 27 heavy (non-hydrogen) atoms. The van der Waals surface area contributed by atoms with Crippen molar-refractivity contribution in [3.63, 3.8) is 0 Å². The van der Waals surface area contributed by atoms with Crippen molar-refractivity contribution < 1.29 is 19.0 Å². The summed E-state index contributed by atoms with van der Waals surface area (Å²) < 4.78 is 16.8. The third kappa shape index (κ3) is 5.13. The largest absolute Gasteiger partial charge is 0.493 e. The number of hydrogen-bond donors (Lipinski definition) is 2. The molecule has 7 heteroatoms. The molecule has 1 aliphatic rings. The van der Waals surface area contributed by atoms with Crippen molar-refractivity contribution in [3.05, 3.63) is 35.0 Å². The lowest BCUT2D eigenvalue weighted by Gasteiger charge is -2.31. The first-order chi connectivity index (χ1) is 13.0. The monoisotopic (exact) mass is 392 g/mol. The summed E-state index contributed by atoms with van der Waals surface area (Å²) in [6, 6.07) is 5.15. The first kappa shape index (κ1) is 21.0. The lowest BCUT2D eigenvalue weighted by molar-refractivity contribution is -0.139. The Morgan fingerprint density at radius 1 is 1.26 bits per heavy atom. The van der Waals surface area contributed by atoms with Crippen LogP contribution in [0.15, 0.2) is 29.5 Å². The minimum absolute atomic E-state index is 0.297. The van der Waals surface area contributed by atoms with Crippen LogP contribution in [-0.2, 0) is 9.53 Å². The average molecular weight is 393 g/mol. The standard InChI is InChI=1S/C20H28N2O4S/c1-5-7-8-12-26-18-14(10-9-11-15(18)24-4)17-16(19(23)25-6-2)13(3)21-20(27)22-17/h9-11,17H,5-8,12H2,1-4H3,(H2,21,22,27). The number of thiocarbonyl (C=S) groups is 1. The van der Waals surface area contributed by atoms with E-state index in [0.29, 0.717) is 41.1 Å². The van der Waals surface area contributed by atoms with Crippen LogP contribution < -0.4 is 20.1 Å². The minimum Gasteiger partial charge on any atom is -0.493 e. The predicted molar refractivity (Wildman–Crippen MR) is 109 cm³/mol. The quantitative estimate of drug-likeness (QED) is 0.378. The van der Waals surface area contributed by atoms with E-state index < -0.39 is 6.04 Å². The van der Waals surface area contributed by atoms with Crippen LogP contribution in [0.1, 0.15) is 51.6 Å². The van der Waals surface area contributed by atoms with E-state index in [4.69, 9.17) is 26.4 Å². The third-order valence-electron chi connectivity index (χ3n) is 4.30. The van der Waals surface area contributed by atoms with Crippen LogP contribution in [0.5, 0.6) is 11.5 Å². The predicted octanol–water partition coefficient (Wildman–Crippen LogP) is 3.62.